The molecular formula is C12H15FN4. The van der Waals surface area contributed by atoms with Gasteiger partial charge >= 0.3 is 0 Å². The first-order chi connectivity index (χ1) is 8.20. The van der Waals surface area contributed by atoms with Crippen molar-refractivity contribution in [3.63, 3.8) is 0 Å². The molecule has 2 aromatic rings. The molecule has 3 N–H and O–H groups in total. The molecule has 1 atom stereocenters. The van der Waals surface area contributed by atoms with Crippen LogP contribution in [0.2, 0.25) is 0 Å². The average Bonchev–Trinajstić information content (AvgIpc) is 2.75. The highest BCUT2D eigenvalue weighted by Crippen LogP contribution is 2.17. The van der Waals surface area contributed by atoms with Crippen molar-refractivity contribution in [3.05, 3.63) is 53.9 Å². The van der Waals surface area contributed by atoms with E-state index in [1.807, 2.05) is 11.6 Å². The van der Waals surface area contributed by atoms with Gasteiger partial charge in [-0.3, -0.25) is 11.3 Å². The first-order valence-electron chi connectivity index (χ1n) is 5.37. The number of benzene rings is 1. The molecule has 1 heterocycles. The van der Waals surface area contributed by atoms with Gasteiger partial charge < -0.3 is 4.57 Å². The van der Waals surface area contributed by atoms with Crippen LogP contribution in [0.3, 0.4) is 0 Å². The van der Waals surface area contributed by atoms with Crippen LogP contribution in [0.4, 0.5) is 4.39 Å². The minimum Gasteiger partial charge on any atom is -0.336 e. The van der Waals surface area contributed by atoms with Crippen LogP contribution in [0.1, 0.15) is 17.3 Å². The normalized spacial score (nSPS) is 12.6. The molecule has 0 saturated heterocycles. The summed E-state index contributed by atoms with van der Waals surface area (Å²) in [5.74, 6) is 5.32. The molecule has 0 amide bonds. The maximum Gasteiger partial charge on any atom is 0.123 e. The van der Waals surface area contributed by atoms with E-state index in [0.717, 1.165) is 11.3 Å². The Balaban J connectivity index is 2.16. The summed E-state index contributed by atoms with van der Waals surface area (Å²) in [6.45, 7) is 0. The molecule has 4 nitrogen and oxygen atoms in total. The van der Waals surface area contributed by atoms with Gasteiger partial charge in [-0.25, -0.2) is 9.37 Å². The van der Waals surface area contributed by atoms with Gasteiger partial charge in [0.15, 0.2) is 0 Å². The summed E-state index contributed by atoms with van der Waals surface area (Å²) in [4.78, 5) is 4.05. The number of aromatic nitrogens is 2. The number of nitrogens with zero attached hydrogens (tertiary/aromatic N) is 2. The predicted octanol–water partition coefficient (Wildman–Crippen LogP) is 1.31. The minimum absolute atomic E-state index is 0.0343. The van der Waals surface area contributed by atoms with E-state index < -0.39 is 0 Å². The Bertz CT molecular complexity index is 478. The zero-order valence-electron chi connectivity index (χ0n) is 9.60. The van der Waals surface area contributed by atoms with Gasteiger partial charge in [0.2, 0.25) is 0 Å². The van der Waals surface area contributed by atoms with E-state index in [1.54, 1.807) is 24.7 Å². The summed E-state index contributed by atoms with van der Waals surface area (Å²) >= 11 is 0. The first kappa shape index (κ1) is 11.8. The third kappa shape index (κ3) is 2.69. The minimum atomic E-state index is -0.230. The largest absolute Gasteiger partial charge is 0.336 e. The van der Waals surface area contributed by atoms with Crippen molar-refractivity contribution < 1.29 is 4.39 Å². The fraction of sp³-hybridized carbons (Fsp3) is 0.250. The van der Waals surface area contributed by atoms with Crippen LogP contribution >= 0.6 is 0 Å². The van der Waals surface area contributed by atoms with Crippen LogP contribution in [0.25, 0.3) is 0 Å². The van der Waals surface area contributed by atoms with Crippen LogP contribution in [0, 0.1) is 5.82 Å². The highest BCUT2D eigenvalue weighted by molar-refractivity contribution is 5.19. The van der Waals surface area contributed by atoms with Crippen LogP contribution in [0.5, 0.6) is 0 Å². The molecule has 90 valence electrons. The number of nitrogens with two attached hydrogens (primary N) is 1. The lowest BCUT2D eigenvalue weighted by molar-refractivity contribution is 0.521. The molecule has 5 heteroatoms. The smallest absolute Gasteiger partial charge is 0.123 e. The van der Waals surface area contributed by atoms with Gasteiger partial charge in [0.05, 0.1) is 18.1 Å². The second-order valence-corrected chi connectivity index (χ2v) is 3.98. The van der Waals surface area contributed by atoms with Crippen LogP contribution in [-0.2, 0) is 13.5 Å². The van der Waals surface area contributed by atoms with Gasteiger partial charge in [-0.2, -0.15) is 0 Å². The molecule has 1 aromatic carbocycles. The van der Waals surface area contributed by atoms with Crippen molar-refractivity contribution in [1.29, 1.82) is 0 Å². The zero-order chi connectivity index (χ0) is 12.3. The maximum atomic E-state index is 12.8. The Labute approximate surface area is 99.2 Å². The summed E-state index contributed by atoms with van der Waals surface area (Å²) in [7, 11) is 1.91. The summed E-state index contributed by atoms with van der Waals surface area (Å²) in [6, 6.07) is 6.39. The molecule has 0 aliphatic rings. The number of hydrogen-bond acceptors (Lipinski definition) is 3. The van der Waals surface area contributed by atoms with Gasteiger partial charge in [0.1, 0.15) is 5.82 Å². The first-order valence-corrected chi connectivity index (χ1v) is 5.37. The number of nitrogens with one attached hydrogen (secondary N) is 1. The van der Waals surface area contributed by atoms with Gasteiger partial charge in [0.25, 0.3) is 0 Å². The van der Waals surface area contributed by atoms with E-state index >= 15 is 0 Å². The average molecular weight is 234 g/mol. The Morgan fingerprint density at radius 2 is 2.12 bits per heavy atom. The number of imidazole rings is 1. The van der Waals surface area contributed by atoms with Crippen molar-refractivity contribution in [3.8, 4) is 0 Å². The molecule has 0 saturated carbocycles. The van der Waals surface area contributed by atoms with Crippen molar-refractivity contribution >= 4 is 0 Å². The standard InChI is InChI=1S/C12H15FN4/c1-17-8-15-7-12(17)11(16-14)6-9-2-4-10(13)5-3-9/h2-5,7-8,11,16H,6,14H2,1H3. The third-order valence-electron chi connectivity index (χ3n) is 2.77. The number of aryl methyl sites for hydroxylation is 1. The van der Waals surface area contributed by atoms with Crippen molar-refractivity contribution in [2.75, 3.05) is 0 Å². The SMILES string of the molecule is Cn1cncc1C(Cc1ccc(F)cc1)NN. The summed E-state index contributed by atoms with van der Waals surface area (Å²) in [5, 5.41) is 0. The van der Waals surface area contributed by atoms with Crippen LogP contribution < -0.4 is 11.3 Å². The van der Waals surface area contributed by atoms with Crippen LogP contribution in [0.15, 0.2) is 36.8 Å². The summed E-state index contributed by atoms with van der Waals surface area (Å²) in [6.07, 6.45) is 4.19. The third-order valence-corrected chi connectivity index (χ3v) is 2.77. The fourth-order valence-electron chi connectivity index (χ4n) is 1.81. The molecule has 2 rings (SSSR count). The van der Waals surface area contributed by atoms with E-state index in [4.69, 9.17) is 5.84 Å². The lowest BCUT2D eigenvalue weighted by atomic mass is 10.0. The molecule has 0 spiro atoms. The Hall–Kier alpha value is -1.72. The monoisotopic (exact) mass is 234 g/mol. The Morgan fingerprint density at radius 3 is 2.65 bits per heavy atom. The van der Waals surface area contributed by atoms with Gasteiger partial charge in [-0.05, 0) is 24.1 Å². The van der Waals surface area contributed by atoms with Crippen molar-refractivity contribution in [2.45, 2.75) is 12.5 Å². The van der Waals surface area contributed by atoms with E-state index in [2.05, 4.69) is 10.4 Å². The number of halogens is 1. The summed E-state index contributed by atoms with van der Waals surface area (Å²) < 4.78 is 14.7. The highest BCUT2D eigenvalue weighted by atomic mass is 19.1. The van der Waals surface area contributed by atoms with Crippen molar-refractivity contribution in [2.24, 2.45) is 12.9 Å². The van der Waals surface area contributed by atoms with E-state index in [-0.39, 0.29) is 11.9 Å². The van der Waals surface area contributed by atoms with E-state index in [1.165, 1.54) is 12.1 Å². The van der Waals surface area contributed by atoms with Gasteiger partial charge in [0, 0.05) is 13.2 Å². The van der Waals surface area contributed by atoms with E-state index in [9.17, 15) is 4.39 Å². The predicted molar refractivity (Wildman–Crippen MR) is 63.4 cm³/mol. The molecule has 0 aliphatic carbocycles. The molecule has 1 unspecified atom stereocenters. The summed E-state index contributed by atoms with van der Waals surface area (Å²) in [5.41, 5.74) is 4.77. The molecule has 17 heavy (non-hydrogen) atoms. The second-order valence-electron chi connectivity index (χ2n) is 3.98. The lowest BCUT2D eigenvalue weighted by Crippen LogP contribution is -2.30. The molecule has 0 bridgehead atoms. The Kier molecular flexibility index (Phi) is 3.51. The van der Waals surface area contributed by atoms with Gasteiger partial charge in [-0.1, -0.05) is 12.1 Å². The molecular weight excluding hydrogens is 219 g/mol. The quantitative estimate of drug-likeness (QED) is 0.619. The molecule has 1 aromatic heterocycles. The Morgan fingerprint density at radius 1 is 1.41 bits per heavy atom. The maximum absolute atomic E-state index is 12.8. The molecule has 0 fully saturated rings. The van der Waals surface area contributed by atoms with Crippen LogP contribution in [-0.4, -0.2) is 9.55 Å². The van der Waals surface area contributed by atoms with Crippen molar-refractivity contribution in [1.82, 2.24) is 15.0 Å². The highest BCUT2D eigenvalue weighted by Gasteiger charge is 2.13. The fourth-order valence-corrected chi connectivity index (χ4v) is 1.81. The van der Waals surface area contributed by atoms with E-state index in [0.29, 0.717) is 6.42 Å². The second kappa shape index (κ2) is 5.07. The molecule has 0 radical (unpaired) electrons. The lowest BCUT2D eigenvalue weighted by Gasteiger charge is -2.16. The number of hydrazine groups is 1. The molecule has 0 aliphatic heterocycles. The zero-order valence-corrected chi connectivity index (χ0v) is 9.60. The topological polar surface area (TPSA) is 55.9 Å². The number of hydrogen-bond donors (Lipinski definition) is 2. The number of rotatable bonds is 4. The van der Waals surface area contributed by atoms with Gasteiger partial charge in [-0.15, -0.1) is 0 Å².